The number of alkyl halides is 1. The van der Waals surface area contributed by atoms with E-state index in [1.54, 1.807) is 24.4 Å². The summed E-state index contributed by atoms with van der Waals surface area (Å²) in [6.07, 6.45) is 11.9. The Morgan fingerprint density at radius 3 is 2.48 bits per heavy atom. The molecular weight excluding hydrogens is 445 g/mol. The molecule has 0 spiro atoms. The standard InChI is InChI=1S/C19H20FN5O3S.C2H6.C2H2/c20-15-5-2-6-16(15)24-18-14(19(21)26)9-23-25-10-12(8-17(18)25)11-3-1-4-13(7-11)29(22,27)28;2*1-2/h1,3-4,7-10,15-16,24H,2,5-6H2,(H2,21,26)(H2,22,27,28);1-2H3;1-2H/t15-,16+;;/m0../s1. The van der Waals surface area contributed by atoms with E-state index in [1.165, 1.54) is 22.8 Å². The molecule has 1 amide bonds. The van der Waals surface area contributed by atoms with Crippen LogP contribution in [-0.4, -0.2) is 36.2 Å². The van der Waals surface area contributed by atoms with Crippen LogP contribution in [0.1, 0.15) is 43.5 Å². The molecule has 5 N–H and O–H groups in total. The van der Waals surface area contributed by atoms with Crippen molar-refractivity contribution in [2.24, 2.45) is 10.9 Å². The Bertz CT molecular complexity index is 1250. The van der Waals surface area contributed by atoms with Gasteiger partial charge in [0.25, 0.3) is 5.91 Å². The quantitative estimate of drug-likeness (QED) is 0.489. The summed E-state index contributed by atoms with van der Waals surface area (Å²) in [5.74, 6) is -0.671. The minimum absolute atomic E-state index is 0.0133. The number of benzene rings is 1. The zero-order valence-electron chi connectivity index (χ0n) is 18.5. The molecule has 0 saturated heterocycles. The fraction of sp³-hybridized carbons (Fsp3) is 0.304. The first-order chi connectivity index (χ1) is 15.7. The summed E-state index contributed by atoms with van der Waals surface area (Å²) in [7, 11) is -3.85. The van der Waals surface area contributed by atoms with Gasteiger partial charge in [-0.1, -0.05) is 26.0 Å². The summed E-state index contributed by atoms with van der Waals surface area (Å²) in [4.78, 5) is 11.9. The molecule has 4 rings (SSSR count). The summed E-state index contributed by atoms with van der Waals surface area (Å²) in [5.41, 5.74) is 7.89. The summed E-state index contributed by atoms with van der Waals surface area (Å²) in [5, 5.41) is 12.6. The second kappa shape index (κ2) is 10.9. The van der Waals surface area contributed by atoms with E-state index < -0.39 is 28.1 Å². The van der Waals surface area contributed by atoms with E-state index in [0.717, 1.165) is 6.42 Å². The average molecular weight is 474 g/mol. The lowest BCUT2D eigenvalue weighted by Crippen LogP contribution is -2.27. The molecule has 1 saturated carbocycles. The molecule has 1 aliphatic rings. The molecule has 2 atom stereocenters. The number of fused-ring (bicyclic) bond motifs is 1. The van der Waals surface area contributed by atoms with Gasteiger partial charge in [0.2, 0.25) is 10.0 Å². The van der Waals surface area contributed by atoms with Gasteiger partial charge in [-0.15, -0.1) is 12.8 Å². The van der Waals surface area contributed by atoms with Crippen LogP contribution in [0, 0.1) is 12.8 Å². The third kappa shape index (κ3) is 5.69. The van der Waals surface area contributed by atoms with Crippen molar-refractivity contribution in [2.45, 2.75) is 50.2 Å². The number of nitrogens with two attached hydrogens (primary N) is 2. The Morgan fingerprint density at radius 2 is 1.91 bits per heavy atom. The topological polar surface area (TPSA) is 133 Å². The molecular formula is C23H28FN5O3S. The van der Waals surface area contributed by atoms with Gasteiger partial charge < -0.3 is 11.1 Å². The van der Waals surface area contributed by atoms with Crippen LogP contribution in [0.25, 0.3) is 16.6 Å². The number of anilines is 1. The molecule has 2 heterocycles. The molecule has 1 fully saturated rings. The summed E-state index contributed by atoms with van der Waals surface area (Å²) in [6.45, 7) is 4.00. The SMILES string of the molecule is C#C.CC.NC(=O)c1cnn2cc(-c3cccc(S(N)(=O)=O)c3)cc2c1N[C@@H]1CCC[C@@H]1F. The van der Waals surface area contributed by atoms with Crippen LogP contribution in [-0.2, 0) is 10.0 Å². The van der Waals surface area contributed by atoms with Gasteiger partial charge in [0.05, 0.1) is 33.9 Å². The smallest absolute Gasteiger partial charge is 0.252 e. The molecule has 0 unspecified atom stereocenters. The third-order valence-corrected chi connectivity index (χ3v) is 6.07. The van der Waals surface area contributed by atoms with Gasteiger partial charge in [0.15, 0.2) is 0 Å². The molecule has 0 aliphatic heterocycles. The average Bonchev–Trinajstić information content (AvgIpc) is 3.42. The minimum Gasteiger partial charge on any atom is -0.377 e. The van der Waals surface area contributed by atoms with Crippen LogP contribution >= 0.6 is 0 Å². The van der Waals surface area contributed by atoms with Crippen molar-refractivity contribution in [3.63, 3.8) is 0 Å². The number of hydrogen-bond donors (Lipinski definition) is 3. The van der Waals surface area contributed by atoms with E-state index >= 15 is 0 Å². The minimum atomic E-state index is -3.85. The Labute approximate surface area is 193 Å². The predicted octanol–water partition coefficient (Wildman–Crippen LogP) is 3.33. The second-order valence-corrected chi connectivity index (χ2v) is 8.69. The zero-order chi connectivity index (χ0) is 24.8. The highest BCUT2D eigenvalue weighted by Gasteiger charge is 2.29. The Balaban J connectivity index is 0.000000914. The number of sulfonamides is 1. The van der Waals surface area contributed by atoms with Crippen LogP contribution in [0.3, 0.4) is 0 Å². The molecule has 33 heavy (non-hydrogen) atoms. The maximum absolute atomic E-state index is 14.2. The number of terminal acetylenes is 1. The Kier molecular flexibility index (Phi) is 8.56. The van der Waals surface area contributed by atoms with Gasteiger partial charge in [-0.05, 0) is 43.0 Å². The van der Waals surface area contributed by atoms with Crippen molar-refractivity contribution in [1.82, 2.24) is 9.61 Å². The van der Waals surface area contributed by atoms with E-state index in [4.69, 9.17) is 10.9 Å². The highest BCUT2D eigenvalue weighted by atomic mass is 32.2. The number of primary sulfonamides is 1. The second-order valence-electron chi connectivity index (χ2n) is 7.13. The maximum Gasteiger partial charge on any atom is 0.252 e. The summed E-state index contributed by atoms with van der Waals surface area (Å²) < 4.78 is 39.0. The lowest BCUT2D eigenvalue weighted by molar-refractivity contribution is 0.100. The largest absolute Gasteiger partial charge is 0.377 e. The summed E-state index contributed by atoms with van der Waals surface area (Å²) >= 11 is 0. The number of nitrogens with one attached hydrogen (secondary N) is 1. The van der Waals surface area contributed by atoms with Crippen molar-refractivity contribution in [1.29, 1.82) is 0 Å². The Morgan fingerprint density at radius 1 is 1.21 bits per heavy atom. The number of carbonyl (C=O) groups is 1. The van der Waals surface area contributed by atoms with Gasteiger partial charge in [0, 0.05) is 11.8 Å². The van der Waals surface area contributed by atoms with E-state index in [9.17, 15) is 17.6 Å². The van der Waals surface area contributed by atoms with Crippen LogP contribution in [0.15, 0.2) is 47.6 Å². The fourth-order valence-electron chi connectivity index (χ4n) is 3.67. The molecule has 0 radical (unpaired) electrons. The maximum atomic E-state index is 14.2. The first kappa shape index (κ1) is 25.8. The Hall–Kier alpha value is -3.42. The number of hydrogen-bond acceptors (Lipinski definition) is 5. The third-order valence-electron chi connectivity index (χ3n) is 5.16. The van der Waals surface area contributed by atoms with Gasteiger partial charge in [-0.25, -0.2) is 22.5 Å². The van der Waals surface area contributed by atoms with Crippen LogP contribution < -0.4 is 16.2 Å². The number of primary amides is 1. The van der Waals surface area contributed by atoms with Crippen molar-refractivity contribution >= 4 is 27.1 Å². The molecule has 10 heteroatoms. The van der Waals surface area contributed by atoms with Crippen LogP contribution in [0.2, 0.25) is 0 Å². The molecule has 2 aromatic heterocycles. The molecule has 3 aromatic rings. The molecule has 1 aromatic carbocycles. The van der Waals surface area contributed by atoms with E-state index in [1.807, 2.05) is 13.8 Å². The van der Waals surface area contributed by atoms with Crippen molar-refractivity contribution < 1.29 is 17.6 Å². The van der Waals surface area contributed by atoms with Gasteiger partial charge in [-0.2, -0.15) is 5.10 Å². The van der Waals surface area contributed by atoms with Crippen molar-refractivity contribution in [2.75, 3.05) is 5.32 Å². The predicted molar refractivity (Wildman–Crippen MR) is 128 cm³/mol. The van der Waals surface area contributed by atoms with Gasteiger partial charge >= 0.3 is 0 Å². The van der Waals surface area contributed by atoms with Gasteiger partial charge in [0.1, 0.15) is 6.17 Å². The van der Waals surface area contributed by atoms with Gasteiger partial charge in [-0.3, -0.25) is 4.79 Å². The number of aromatic nitrogens is 2. The van der Waals surface area contributed by atoms with E-state index in [-0.39, 0.29) is 10.5 Å². The molecule has 176 valence electrons. The van der Waals surface area contributed by atoms with Crippen molar-refractivity contribution in [3.05, 3.63) is 48.3 Å². The number of rotatable bonds is 5. The molecule has 0 bridgehead atoms. The van der Waals surface area contributed by atoms with Crippen molar-refractivity contribution in [3.8, 4) is 24.0 Å². The lowest BCUT2D eigenvalue weighted by Gasteiger charge is -2.19. The normalized spacial score (nSPS) is 17.4. The highest BCUT2D eigenvalue weighted by Crippen LogP contribution is 2.32. The number of halogens is 1. The summed E-state index contributed by atoms with van der Waals surface area (Å²) in [6, 6.07) is 7.52. The lowest BCUT2D eigenvalue weighted by atomic mass is 10.1. The highest BCUT2D eigenvalue weighted by molar-refractivity contribution is 7.89. The molecule has 1 aliphatic carbocycles. The fourth-order valence-corrected chi connectivity index (χ4v) is 4.23. The number of amides is 1. The first-order valence-electron chi connectivity index (χ1n) is 10.4. The monoisotopic (exact) mass is 473 g/mol. The van der Waals surface area contributed by atoms with Crippen LogP contribution in [0.4, 0.5) is 10.1 Å². The number of carbonyl (C=O) groups excluding carboxylic acids is 1. The number of nitrogens with zero attached hydrogens (tertiary/aromatic N) is 2. The van der Waals surface area contributed by atoms with Crippen LogP contribution in [0.5, 0.6) is 0 Å². The molecule has 8 nitrogen and oxygen atoms in total. The first-order valence-corrected chi connectivity index (χ1v) is 12.0. The zero-order valence-corrected chi connectivity index (χ0v) is 19.3. The van der Waals surface area contributed by atoms with E-state index in [2.05, 4.69) is 23.3 Å². The van der Waals surface area contributed by atoms with E-state index in [0.29, 0.717) is 35.2 Å².